The van der Waals surface area contributed by atoms with Crippen molar-refractivity contribution in [3.63, 3.8) is 0 Å². The highest BCUT2D eigenvalue weighted by Gasteiger charge is 2.51. The molecule has 5 nitrogen and oxygen atoms in total. The van der Waals surface area contributed by atoms with Crippen LogP contribution in [0.5, 0.6) is 0 Å². The van der Waals surface area contributed by atoms with Gasteiger partial charge in [-0.2, -0.15) is 0 Å². The van der Waals surface area contributed by atoms with E-state index in [0.29, 0.717) is 5.56 Å². The first-order valence-corrected chi connectivity index (χ1v) is 6.08. The topological polar surface area (TPSA) is 72.8 Å². The molecule has 1 aliphatic rings. The second-order valence-corrected chi connectivity index (χ2v) is 4.84. The highest BCUT2D eigenvalue weighted by atomic mass is 16.6. The van der Waals surface area contributed by atoms with Crippen LogP contribution in [0.25, 0.3) is 0 Å². The van der Waals surface area contributed by atoms with Crippen molar-refractivity contribution in [3.05, 3.63) is 35.9 Å². The van der Waals surface area contributed by atoms with Gasteiger partial charge in [0.15, 0.2) is 5.60 Å². The Balaban J connectivity index is 1.94. The maximum absolute atomic E-state index is 11.7. The molecule has 1 heterocycles. The number of aliphatic hydroxyl groups is 1. The van der Waals surface area contributed by atoms with E-state index in [1.165, 1.54) is 6.92 Å². The van der Waals surface area contributed by atoms with Crippen LogP contribution in [-0.2, 0) is 14.3 Å². The van der Waals surface area contributed by atoms with Crippen LogP contribution in [-0.4, -0.2) is 35.4 Å². The summed E-state index contributed by atoms with van der Waals surface area (Å²) in [6.45, 7) is 3.03. The molecule has 1 N–H and O–H groups in total. The van der Waals surface area contributed by atoms with Gasteiger partial charge in [-0.15, -0.1) is 0 Å². The fraction of sp³-hybridized carbons (Fsp3) is 0.429. The number of benzene rings is 1. The number of rotatable bonds is 3. The van der Waals surface area contributed by atoms with Gasteiger partial charge in [-0.1, -0.05) is 25.1 Å². The van der Waals surface area contributed by atoms with Crippen molar-refractivity contribution in [3.8, 4) is 0 Å². The molecule has 0 saturated carbocycles. The Morgan fingerprint density at radius 1 is 1.42 bits per heavy atom. The van der Waals surface area contributed by atoms with E-state index in [9.17, 15) is 14.7 Å². The van der Waals surface area contributed by atoms with Crippen LogP contribution < -0.4 is 0 Å². The van der Waals surface area contributed by atoms with Crippen LogP contribution in [0.2, 0.25) is 0 Å². The molecular formula is C14H16O5. The van der Waals surface area contributed by atoms with Gasteiger partial charge in [0.25, 0.3) is 0 Å². The van der Waals surface area contributed by atoms with Gasteiger partial charge in [0.2, 0.25) is 0 Å². The molecule has 102 valence electrons. The highest BCUT2D eigenvalue weighted by Crippen LogP contribution is 2.31. The van der Waals surface area contributed by atoms with E-state index in [1.54, 1.807) is 37.3 Å². The van der Waals surface area contributed by atoms with Crippen molar-refractivity contribution in [2.45, 2.75) is 25.6 Å². The van der Waals surface area contributed by atoms with Crippen LogP contribution in [0, 0.1) is 5.92 Å². The lowest BCUT2D eigenvalue weighted by atomic mass is 9.90. The van der Waals surface area contributed by atoms with Gasteiger partial charge in [0.05, 0.1) is 5.56 Å². The zero-order valence-corrected chi connectivity index (χ0v) is 10.8. The van der Waals surface area contributed by atoms with E-state index >= 15 is 0 Å². The normalized spacial score (nSPS) is 29.9. The second kappa shape index (κ2) is 5.01. The number of carbonyl (C=O) groups excluding carboxylic acids is 2. The molecule has 1 saturated heterocycles. The molecule has 0 bridgehead atoms. The van der Waals surface area contributed by atoms with Crippen LogP contribution in [0.3, 0.4) is 0 Å². The molecule has 19 heavy (non-hydrogen) atoms. The average Bonchev–Trinajstić information content (AvgIpc) is 2.60. The van der Waals surface area contributed by atoms with Crippen LogP contribution in [0.1, 0.15) is 24.2 Å². The maximum atomic E-state index is 11.7. The van der Waals surface area contributed by atoms with Crippen molar-refractivity contribution in [1.29, 1.82) is 0 Å². The lowest BCUT2D eigenvalue weighted by molar-refractivity contribution is -0.154. The highest BCUT2D eigenvalue weighted by molar-refractivity contribution is 5.89. The van der Waals surface area contributed by atoms with Gasteiger partial charge in [-0.3, -0.25) is 0 Å². The van der Waals surface area contributed by atoms with Crippen LogP contribution in [0.4, 0.5) is 0 Å². The van der Waals surface area contributed by atoms with E-state index < -0.39 is 29.6 Å². The lowest BCUT2D eigenvalue weighted by Gasteiger charge is -2.19. The molecule has 3 atom stereocenters. The van der Waals surface area contributed by atoms with Gasteiger partial charge in [-0.05, 0) is 19.1 Å². The Bertz CT molecular complexity index is 480. The number of hydrogen-bond acceptors (Lipinski definition) is 5. The van der Waals surface area contributed by atoms with Crippen LogP contribution >= 0.6 is 0 Å². The van der Waals surface area contributed by atoms with E-state index in [4.69, 9.17) is 9.47 Å². The first-order chi connectivity index (χ1) is 8.93. The minimum Gasteiger partial charge on any atom is -0.458 e. The van der Waals surface area contributed by atoms with Crippen molar-refractivity contribution in [2.75, 3.05) is 6.61 Å². The van der Waals surface area contributed by atoms with Crippen LogP contribution in [0.15, 0.2) is 30.3 Å². The van der Waals surface area contributed by atoms with Crippen molar-refractivity contribution in [2.24, 2.45) is 5.92 Å². The maximum Gasteiger partial charge on any atom is 0.338 e. The summed E-state index contributed by atoms with van der Waals surface area (Å²) in [6.07, 6.45) is -0.616. The minimum atomic E-state index is -1.52. The molecule has 0 aliphatic carbocycles. The molecule has 0 aromatic heterocycles. The molecule has 1 aromatic carbocycles. The van der Waals surface area contributed by atoms with E-state index in [2.05, 4.69) is 0 Å². The van der Waals surface area contributed by atoms with Gasteiger partial charge in [0.1, 0.15) is 12.7 Å². The van der Waals surface area contributed by atoms with Crippen molar-refractivity contribution in [1.82, 2.24) is 0 Å². The summed E-state index contributed by atoms with van der Waals surface area (Å²) in [4.78, 5) is 23.1. The van der Waals surface area contributed by atoms with Gasteiger partial charge < -0.3 is 14.6 Å². The predicted molar refractivity (Wildman–Crippen MR) is 66.4 cm³/mol. The smallest absolute Gasteiger partial charge is 0.338 e. The zero-order valence-electron chi connectivity index (χ0n) is 10.8. The summed E-state index contributed by atoms with van der Waals surface area (Å²) in [7, 11) is 0. The molecule has 0 amide bonds. The zero-order chi connectivity index (χ0) is 14.0. The third-order valence-electron chi connectivity index (χ3n) is 3.50. The summed E-state index contributed by atoms with van der Waals surface area (Å²) in [5.74, 6) is -1.58. The number of cyclic esters (lactones) is 1. The molecule has 0 radical (unpaired) electrons. The summed E-state index contributed by atoms with van der Waals surface area (Å²) in [6, 6.07) is 8.55. The standard InChI is InChI=1S/C14H16O5/c1-9-11(19-13(16)14(9,2)17)8-18-12(15)10-6-4-3-5-7-10/h3-7,9,11,17H,8H2,1-2H3/t9-,11-,14+/m1/s1. The Kier molecular flexibility index (Phi) is 3.57. The summed E-state index contributed by atoms with van der Waals surface area (Å²) < 4.78 is 10.1. The fourth-order valence-electron chi connectivity index (χ4n) is 1.90. The van der Waals surface area contributed by atoms with Gasteiger partial charge in [0, 0.05) is 5.92 Å². The molecule has 1 aliphatic heterocycles. The first kappa shape index (κ1) is 13.5. The summed E-state index contributed by atoms with van der Waals surface area (Å²) in [5, 5.41) is 9.87. The Morgan fingerprint density at radius 2 is 2.05 bits per heavy atom. The Morgan fingerprint density at radius 3 is 2.58 bits per heavy atom. The lowest BCUT2D eigenvalue weighted by Crippen LogP contribution is -2.37. The molecular weight excluding hydrogens is 248 g/mol. The molecule has 2 rings (SSSR count). The van der Waals surface area contributed by atoms with Gasteiger partial charge in [-0.25, -0.2) is 9.59 Å². The molecule has 0 spiro atoms. The predicted octanol–water partition coefficient (Wildman–Crippen LogP) is 1.16. The van der Waals surface area contributed by atoms with E-state index in [1.807, 2.05) is 0 Å². The minimum absolute atomic E-state index is 0.0587. The molecule has 1 fully saturated rings. The van der Waals surface area contributed by atoms with Crippen molar-refractivity contribution < 1.29 is 24.2 Å². The van der Waals surface area contributed by atoms with E-state index in [-0.39, 0.29) is 6.61 Å². The monoisotopic (exact) mass is 264 g/mol. The number of hydrogen-bond donors (Lipinski definition) is 1. The quantitative estimate of drug-likeness (QED) is 0.829. The molecule has 5 heteroatoms. The molecule has 0 unspecified atom stereocenters. The van der Waals surface area contributed by atoms with E-state index in [0.717, 1.165) is 0 Å². The average molecular weight is 264 g/mol. The van der Waals surface area contributed by atoms with Gasteiger partial charge >= 0.3 is 11.9 Å². The SMILES string of the molecule is C[C@@H]1[C@@H](COC(=O)c2ccccc2)OC(=O)[C@@]1(C)O. The number of esters is 2. The summed E-state index contributed by atoms with van der Waals surface area (Å²) >= 11 is 0. The Labute approximate surface area is 111 Å². The first-order valence-electron chi connectivity index (χ1n) is 6.08. The fourth-order valence-corrected chi connectivity index (χ4v) is 1.90. The third kappa shape index (κ3) is 2.61. The largest absolute Gasteiger partial charge is 0.458 e. The Hall–Kier alpha value is -1.88. The number of ether oxygens (including phenoxy) is 2. The second-order valence-electron chi connectivity index (χ2n) is 4.84. The molecule has 1 aromatic rings. The summed E-state index contributed by atoms with van der Waals surface area (Å²) in [5.41, 5.74) is -1.09. The van der Waals surface area contributed by atoms with Crippen molar-refractivity contribution >= 4 is 11.9 Å². The third-order valence-corrected chi connectivity index (χ3v) is 3.50. The number of carbonyl (C=O) groups is 2.